The number of morpholine rings is 1. The molecule has 1 amide bonds. The first-order chi connectivity index (χ1) is 16.1. The zero-order valence-corrected chi connectivity index (χ0v) is 18.1. The maximum absolute atomic E-state index is 14.2. The minimum Gasteiger partial charge on any atom is -0.448 e. The number of ether oxygens (including phenoxy) is 1. The number of nitrogens with one attached hydrogen (secondary N) is 2. The second-order valence-corrected chi connectivity index (χ2v) is 8.11. The van der Waals surface area contributed by atoms with Crippen LogP contribution in [0.4, 0.5) is 21.5 Å². The van der Waals surface area contributed by atoms with E-state index in [9.17, 15) is 14.0 Å². The van der Waals surface area contributed by atoms with Crippen LogP contribution in [0.25, 0.3) is 11.0 Å². The molecule has 172 valence electrons. The summed E-state index contributed by atoms with van der Waals surface area (Å²) in [6.07, 6.45) is 0. The predicted molar refractivity (Wildman–Crippen MR) is 125 cm³/mol. The molecule has 0 radical (unpaired) electrons. The lowest BCUT2D eigenvalue weighted by Gasteiger charge is -2.29. The minimum absolute atomic E-state index is 0.118. The van der Waals surface area contributed by atoms with Crippen molar-refractivity contribution in [1.82, 2.24) is 5.32 Å². The molecule has 2 aromatic carbocycles. The van der Waals surface area contributed by atoms with Crippen LogP contribution in [0.2, 0.25) is 0 Å². The van der Waals surface area contributed by atoms with E-state index >= 15 is 0 Å². The van der Waals surface area contributed by atoms with E-state index in [2.05, 4.69) is 15.5 Å². The SMILES string of the molecule is O=C(Nc1ccc(N2CCOCC2)cc1)c1cc(=O)c2cc(F)cc(N3CCNCC3)c2o1. The topological polar surface area (TPSA) is 87.1 Å². The minimum atomic E-state index is -0.538. The van der Waals surface area contributed by atoms with Gasteiger partial charge in [-0.05, 0) is 30.3 Å². The highest BCUT2D eigenvalue weighted by Gasteiger charge is 2.20. The number of piperazine rings is 1. The first kappa shape index (κ1) is 21.4. The normalized spacial score (nSPS) is 16.8. The molecule has 1 aromatic heterocycles. The average Bonchev–Trinajstić information content (AvgIpc) is 2.85. The van der Waals surface area contributed by atoms with E-state index in [0.29, 0.717) is 37.7 Å². The number of rotatable bonds is 4. The lowest BCUT2D eigenvalue weighted by Crippen LogP contribution is -2.43. The molecule has 5 rings (SSSR count). The molecular formula is C24H25FN4O4. The zero-order chi connectivity index (χ0) is 22.8. The average molecular weight is 452 g/mol. The maximum Gasteiger partial charge on any atom is 0.291 e. The molecule has 8 nitrogen and oxygen atoms in total. The Bertz CT molecular complexity index is 1220. The molecule has 0 unspecified atom stereocenters. The molecule has 3 heterocycles. The van der Waals surface area contributed by atoms with Gasteiger partial charge in [-0.1, -0.05) is 0 Å². The second-order valence-electron chi connectivity index (χ2n) is 8.11. The molecule has 2 aliphatic rings. The van der Waals surface area contributed by atoms with Crippen LogP contribution in [-0.4, -0.2) is 58.4 Å². The molecule has 0 atom stereocenters. The van der Waals surface area contributed by atoms with Crippen molar-refractivity contribution >= 4 is 33.9 Å². The Morgan fingerprint density at radius 2 is 1.70 bits per heavy atom. The molecule has 0 aliphatic carbocycles. The van der Waals surface area contributed by atoms with Gasteiger partial charge < -0.3 is 29.6 Å². The molecule has 3 aromatic rings. The summed E-state index contributed by atoms with van der Waals surface area (Å²) < 4.78 is 25.5. The van der Waals surface area contributed by atoms with Gasteiger partial charge in [0.05, 0.1) is 24.3 Å². The van der Waals surface area contributed by atoms with Gasteiger partial charge in [0.1, 0.15) is 5.82 Å². The summed E-state index contributed by atoms with van der Waals surface area (Å²) in [7, 11) is 0. The third kappa shape index (κ3) is 4.55. The van der Waals surface area contributed by atoms with Gasteiger partial charge in [0.25, 0.3) is 5.91 Å². The van der Waals surface area contributed by atoms with Crippen molar-refractivity contribution in [3.05, 3.63) is 64.3 Å². The predicted octanol–water partition coefficient (Wildman–Crippen LogP) is 2.43. The summed E-state index contributed by atoms with van der Waals surface area (Å²) in [4.78, 5) is 29.8. The Hall–Kier alpha value is -3.43. The first-order valence-electron chi connectivity index (χ1n) is 11.1. The van der Waals surface area contributed by atoms with Crippen LogP contribution < -0.4 is 25.9 Å². The monoisotopic (exact) mass is 452 g/mol. The Morgan fingerprint density at radius 3 is 2.42 bits per heavy atom. The summed E-state index contributed by atoms with van der Waals surface area (Å²) in [5.74, 6) is -1.17. The number of halogens is 1. The maximum atomic E-state index is 14.2. The summed E-state index contributed by atoms with van der Waals surface area (Å²) in [5, 5.41) is 6.14. The second kappa shape index (κ2) is 9.21. The van der Waals surface area contributed by atoms with Crippen LogP contribution in [0.15, 0.2) is 51.7 Å². The van der Waals surface area contributed by atoms with Gasteiger partial charge in [0, 0.05) is 62.8 Å². The van der Waals surface area contributed by atoms with Crippen LogP contribution in [0.5, 0.6) is 0 Å². The van der Waals surface area contributed by atoms with Crippen LogP contribution in [-0.2, 0) is 4.74 Å². The summed E-state index contributed by atoms with van der Waals surface area (Å²) in [5.41, 5.74) is 1.88. The Morgan fingerprint density at radius 1 is 0.970 bits per heavy atom. The number of carbonyl (C=O) groups is 1. The third-order valence-electron chi connectivity index (χ3n) is 5.96. The quantitative estimate of drug-likeness (QED) is 0.629. The molecule has 2 N–H and O–H groups in total. The highest BCUT2D eigenvalue weighted by atomic mass is 19.1. The standard InChI is InChI=1S/C24H25FN4O4/c25-16-13-19-21(30)15-22(33-23(19)20(14-16)29-7-5-26-6-8-29)24(31)27-17-1-3-18(4-2-17)28-9-11-32-12-10-28/h1-4,13-15,26H,5-12H2,(H,27,31). The van der Waals surface area contributed by atoms with E-state index < -0.39 is 17.2 Å². The van der Waals surface area contributed by atoms with Gasteiger partial charge in [-0.15, -0.1) is 0 Å². The third-order valence-corrected chi connectivity index (χ3v) is 5.96. The van der Waals surface area contributed by atoms with E-state index in [0.717, 1.165) is 44.0 Å². The smallest absolute Gasteiger partial charge is 0.291 e. The number of carbonyl (C=O) groups excluding carboxylic acids is 1. The lowest BCUT2D eigenvalue weighted by molar-refractivity contribution is 0.0997. The van der Waals surface area contributed by atoms with E-state index in [1.54, 1.807) is 0 Å². The summed E-state index contributed by atoms with van der Waals surface area (Å²) in [6, 6.07) is 11.1. The zero-order valence-electron chi connectivity index (χ0n) is 18.1. The van der Waals surface area contributed by atoms with Crippen molar-refractivity contribution in [1.29, 1.82) is 0 Å². The summed E-state index contributed by atoms with van der Waals surface area (Å²) in [6.45, 7) is 5.81. The largest absolute Gasteiger partial charge is 0.448 e. The molecule has 2 aliphatic heterocycles. The Labute approximate surface area is 189 Å². The number of benzene rings is 2. The number of fused-ring (bicyclic) bond motifs is 1. The fourth-order valence-electron chi connectivity index (χ4n) is 4.23. The highest BCUT2D eigenvalue weighted by Crippen LogP contribution is 2.28. The number of hydrogen-bond donors (Lipinski definition) is 2. The fourth-order valence-corrected chi connectivity index (χ4v) is 4.23. The Kier molecular flexibility index (Phi) is 5.97. The Balaban J connectivity index is 1.41. The van der Waals surface area contributed by atoms with Crippen molar-refractivity contribution in [3.8, 4) is 0 Å². The molecule has 0 saturated carbocycles. The van der Waals surface area contributed by atoms with Gasteiger partial charge in [0.2, 0.25) is 0 Å². The van der Waals surface area contributed by atoms with Crippen molar-refractivity contribution in [3.63, 3.8) is 0 Å². The molecule has 0 spiro atoms. The van der Waals surface area contributed by atoms with E-state index in [1.165, 1.54) is 6.07 Å². The fraction of sp³-hybridized carbons (Fsp3) is 0.333. The van der Waals surface area contributed by atoms with E-state index in [4.69, 9.17) is 9.15 Å². The molecule has 2 fully saturated rings. The molecule has 0 bridgehead atoms. The number of amides is 1. The van der Waals surface area contributed by atoms with Crippen LogP contribution >= 0.6 is 0 Å². The molecular weight excluding hydrogens is 427 g/mol. The summed E-state index contributed by atoms with van der Waals surface area (Å²) >= 11 is 0. The number of hydrogen-bond acceptors (Lipinski definition) is 7. The number of nitrogens with zero attached hydrogens (tertiary/aromatic N) is 2. The molecule has 9 heteroatoms. The molecule has 2 saturated heterocycles. The van der Waals surface area contributed by atoms with Gasteiger partial charge >= 0.3 is 0 Å². The van der Waals surface area contributed by atoms with Gasteiger partial charge in [0.15, 0.2) is 16.8 Å². The van der Waals surface area contributed by atoms with Crippen LogP contribution in [0.1, 0.15) is 10.6 Å². The van der Waals surface area contributed by atoms with Crippen LogP contribution in [0, 0.1) is 5.82 Å². The van der Waals surface area contributed by atoms with E-state index in [-0.39, 0.29) is 16.7 Å². The van der Waals surface area contributed by atoms with Gasteiger partial charge in [-0.2, -0.15) is 0 Å². The lowest BCUT2D eigenvalue weighted by atomic mass is 10.1. The van der Waals surface area contributed by atoms with Crippen molar-refractivity contribution in [2.24, 2.45) is 0 Å². The highest BCUT2D eigenvalue weighted by molar-refractivity contribution is 6.03. The molecule has 33 heavy (non-hydrogen) atoms. The van der Waals surface area contributed by atoms with Crippen molar-refractivity contribution in [2.45, 2.75) is 0 Å². The van der Waals surface area contributed by atoms with Crippen molar-refractivity contribution in [2.75, 3.05) is 67.6 Å². The van der Waals surface area contributed by atoms with Crippen molar-refractivity contribution < 1.29 is 18.3 Å². The number of anilines is 3. The first-order valence-corrected chi connectivity index (χ1v) is 11.1. The van der Waals surface area contributed by atoms with E-state index in [1.807, 2.05) is 29.2 Å². The van der Waals surface area contributed by atoms with Gasteiger partial charge in [-0.3, -0.25) is 9.59 Å². The van der Waals surface area contributed by atoms with Gasteiger partial charge in [-0.25, -0.2) is 4.39 Å². The van der Waals surface area contributed by atoms with Crippen LogP contribution in [0.3, 0.4) is 0 Å².